The second-order valence-electron chi connectivity index (χ2n) is 20.3. The summed E-state index contributed by atoms with van der Waals surface area (Å²) in [5, 5.41) is 7.58. The molecule has 0 atom stereocenters. The number of hydrogen-bond acceptors (Lipinski definition) is 1. The van der Waals surface area contributed by atoms with Crippen molar-refractivity contribution in [2.45, 2.75) is 24.7 Å². The first-order valence-corrected chi connectivity index (χ1v) is 25.0. The smallest absolute Gasteiger partial charge is 0.0726 e. The summed E-state index contributed by atoms with van der Waals surface area (Å²) in [5.41, 5.74) is 23.2. The van der Waals surface area contributed by atoms with E-state index in [1.54, 1.807) is 0 Å². The van der Waals surface area contributed by atoms with E-state index in [0.29, 0.717) is 0 Å². The molecule has 12 aromatic carbocycles. The fraction of sp³-hybridized carbons (Fsp3) is 0.0571. The minimum absolute atomic E-state index is 0.286. The highest BCUT2D eigenvalue weighted by atomic mass is 15.1. The Bertz CT molecular complexity index is 4130. The van der Waals surface area contributed by atoms with Gasteiger partial charge >= 0.3 is 0 Å². The van der Waals surface area contributed by atoms with Crippen LogP contribution in [0, 0.1) is 0 Å². The van der Waals surface area contributed by atoms with Crippen molar-refractivity contribution in [3.05, 3.63) is 282 Å². The molecule has 0 aromatic heterocycles. The van der Waals surface area contributed by atoms with Crippen molar-refractivity contribution >= 4 is 49.4 Å². The molecule has 1 nitrogen and oxygen atoms in total. The lowest BCUT2D eigenvalue weighted by Gasteiger charge is -2.35. The molecule has 1 spiro atoms. The van der Waals surface area contributed by atoms with E-state index in [1.807, 2.05) is 0 Å². The SMILES string of the molecule is CC1(C)c2ccccc2-c2cccc(N(c3ccc4c5ccccc5c5ccccc5c4c3)c3cc4c(cc3-c3cccc(-c5ccccc5)c3)-c3ccccc3C43c4ccccc4-c4ccccc43)c21. The van der Waals surface area contributed by atoms with Gasteiger partial charge in [0.1, 0.15) is 0 Å². The fourth-order valence-electron chi connectivity index (χ4n) is 13.5. The predicted molar refractivity (Wildman–Crippen MR) is 298 cm³/mol. The molecule has 12 aromatic rings. The van der Waals surface area contributed by atoms with Crippen molar-refractivity contribution in [3.8, 4) is 55.6 Å². The predicted octanol–water partition coefficient (Wildman–Crippen LogP) is 18.6. The number of hydrogen-bond donors (Lipinski definition) is 0. The van der Waals surface area contributed by atoms with Gasteiger partial charge in [0.2, 0.25) is 0 Å². The van der Waals surface area contributed by atoms with E-state index in [4.69, 9.17) is 0 Å². The summed E-state index contributed by atoms with van der Waals surface area (Å²) in [6.45, 7) is 4.84. The standard InChI is InChI=1S/C70H47N/c1-69(2)61-33-14-10-30-55(61)57-32-19-37-66(68(57)69)71(47-38-39-52-50-26-7-6-24-48(50)49-25-8-9-27-51(49)59(52)41-47)67-43-65-60(42-58(67)46-23-18-22-45(40-46)44-20-4-3-5-21-44)56-31-13-17-36-64(56)70(65)62-34-15-11-28-53(62)54-29-12-16-35-63(54)70/h3-43H,1-2H3. The van der Waals surface area contributed by atoms with Crippen molar-refractivity contribution in [1.29, 1.82) is 0 Å². The molecule has 1 heteroatoms. The van der Waals surface area contributed by atoms with Gasteiger partial charge in [-0.15, -0.1) is 0 Å². The summed E-state index contributed by atoms with van der Waals surface area (Å²) in [6, 6.07) is 93.9. The Morgan fingerprint density at radius 1 is 0.268 bits per heavy atom. The Balaban J connectivity index is 1.11. The minimum Gasteiger partial charge on any atom is -0.310 e. The van der Waals surface area contributed by atoms with E-state index >= 15 is 0 Å². The zero-order chi connectivity index (χ0) is 47.0. The molecule has 0 aliphatic heterocycles. The lowest BCUT2D eigenvalue weighted by Crippen LogP contribution is -2.26. The van der Waals surface area contributed by atoms with Crippen LogP contribution >= 0.6 is 0 Å². The van der Waals surface area contributed by atoms with Crippen LogP contribution in [0.3, 0.4) is 0 Å². The lowest BCUT2D eigenvalue weighted by molar-refractivity contribution is 0.661. The molecule has 0 N–H and O–H groups in total. The number of fused-ring (bicyclic) bond motifs is 19. The van der Waals surface area contributed by atoms with Crippen LogP contribution < -0.4 is 4.90 Å². The normalized spacial score (nSPS) is 14.0. The second kappa shape index (κ2) is 14.9. The minimum atomic E-state index is -0.531. The van der Waals surface area contributed by atoms with Crippen LogP contribution in [-0.2, 0) is 10.8 Å². The Morgan fingerprint density at radius 3 is 1.37 bits per heavy atom. The summed E-state index contributed by atoms with van der Waals surface area (Å²) in [4.78, 5) is 2.64. The van der Waals surface area contributed by atoms with Crippen LogP contribution in [-0.4, -0.2) is 0 Å². The number of nitrogens with zero attached hydrogens (tertiary/aromatic N) is 1. The van der Waals surface area contributed by atoms with Gasteiger partial charge in [-0.1, -0.05) is 226 Å². The quantitative estimate of drug-likeness (QED) is 0.156. The Morgan fingerprint density at radius 2 is 0.732 bits per heavy atom. The molecule has 0 saturated heterocycles. The van der Waals surface area contributed by atoms with E-state index in [-0.39, 0.29) is 5.41 Å². The Kier molecular flexibility index (Phi) is 8.40. The van der Waals surface area contributed by atoms with Crippen LogP contribution in [0.4, 0.5) is 17.1 Å². The first-order chi connectivity index (χ1) is 35.0. The number of benzene rings is 12. The average molecular weight is 902 g/mol. The molecule has 0 bridgehead atoms. The molecule has 0 fully saturated rings. The Hall–Kier alpha value is -8.78. The van der Waals surface area contributed by atoms with E-state index in [9.17, 15) is 0 Å². The lowest BCUT2D eigenvalue weighted by atomic mass is 9.70. The van der Waals surface area contributed by atoms with E-state index in [1.165, 1.54) is 127 Å². The fourth-order valence-corrected chi connectivity index (χ4v) is 13.5. The molecule has 0 amide bonds. The summed E-state index contributed by atoms with van der Waals surface area (Å²) < 4.78 is 0. The molecule has 332 valence electrons. The van der Waals surface area contributed by atoms with Gasteiger partial charge < -0.3 is 4.90 Å². The molecule has 15 rings (SSSR count). The maximum Gasteiger partial charge on any atom is 0.0726 e. The average Bonchev–Trinajstić information content (AvgIpc) is 3.99. The topological polar surface area (TPSA) is 3.24 Å². The molecule has 71 heavy (non-hydrogen) atoms. The van der Waals surface area contributed by atoms with Gasteiger partial charge in [-0.3, -0.25) is 0 Å². The van der Waals surface area contributed by atoms with Crippen LogP contribution in [0.5, 0.6) is 0 Å². The van der Waals surface area contributed by atoms with Gasteiger partial charge in [-0.05, 0) is 152 Å². The zero-order valence-electron chi connectivity index (χ0n) is 39.6. The van der Waals surface area contributed by atoms with Crippen molar-refractivity contribution in [1.82, 2.24) is 0 Å². The number of anilines is 3. The van der Waals surface area contributed by atoms with Gasteiger partial charge in [0.15, 0.2) is 0 Å². The van der Waals surface area contributed by atoms with Gasteiger partial charge in [0, 0.05) is 16.7 Å². The van der Waals surface area contributed by atoms with E-state index < -0.39 is 5.41 Å². The summed E-state index contributed by atoms with van der Waals surface area (Å²) >= 11 is 0. The molecule has 3 aliphatic carbocycles. The molecule has 0 heterocycles. The van der Waals surface area contributed by atoms with Crippen molar-refractivity contribution in [2.24, 2.45) is 0 Å². The van der Waals surface area contributed by atoms with Crippen molar-refractivity contribution in [2.75, 3.05) is 4.90 Å². The highest BCUT2D eigenvalue weighted by Gasteiger charge is 2.52. The maximum absolute atomic E-state index is 2.64. The first-order valence-electron chi connectivity index (χ1n) is 25.0. The summed E-state index contributed by atoms with van der Waals surface area (Å²) in [6.07, 6.45) is 0. The summed E-state index contributed by atoms with van der Waals surface area (Å²) in [5.74, 6) is 0. The third-order valence-electron chi connectivity index (χ3n) is 16.4. The van der Waals surface area contributed by atoms with Crippen LogP contribution in [0.25, 0.3) is 88.0 Å². The molecule has 0 radical (unpaired) electrons. The molecular formula is C70H47N. The van der Waals surface area contributed by atoms with Crippen LogP contribution in [0.15, 0.2) is 249 Å². The van der Waals surface area contributed by atoms with Gasteiger partial charge in [0.25, 0.3) is 0 Å². The van der Waals surface area contributed by atoms with Crippen LogP contribution in [0.2, 0.25) is 0 Å². The van der Waals surface area contributed by atoms with Gasteiger partial charge in [-0.2, -0.15) is 0 Å². The van der Waals surface area contributed by atoms with E-state index in [0.717, 1.165) is 11.4 Å². The van der Waals surface area contributed by atoms with Gasteiger partial charge in [0.05, 0.1) is 16.8 Å². The summed E-state index contributed by atoms with van der Waals surface area (Å²) in [7, 11) is 0. The van der Waals surface area contributed by atoms with Crippen molar-refractivity contribution < 1.29 is 0 Å². The van der Waals surface area contributed by atoms with E-state index in [2.05, 4.69) is 267 Å². The van der Waals surface area contributed by atoms with Gasteiger partial charge in [-0.25, -0.2) is 0 Å². The largest absolute Gasteiger partial charge is 0.310 e. The number of rotatable bonds is 5. The highest BCUT2D eigenvalue weighted by molar-refractivity contribution is 6.26. The third-order valence-corrected chi connectivity index (χ3v) is 16.4. The maximum atomic E-state index is 2.64. The molecule has 0 unspecified atom stereocenters. The molecule has 3 aliphatic rings. The molecule has 0 saturated carbocycles. The molecular weight excluding hydrogens is 855 g/mol. The highest BCUT2D eigenvalue weighted by Crippen LogP contribution is 2.65. The van der Waals surface area contributed by atoms with Crippen molar-refractivity contribution in [3.63, 3.8) is 0 Å². The monoisotopic (exact) mass is 901 g/mol. The van der Waals surface area contributed by atoms with Crippen LogP contribution in [0.1, 0.15) is 47.2 Å². The first kappa shape index (κ1) is 40.1. The zero-order valence-corrected chi connectivity index (χ0v) is 39.6. The Labute approximate surface area is 414 Å². The second-order valence-corrected chi connectivity index (χ2v) is 20.3. The third kappa shape index (κ3) is 5.46.